The maximum atomic E-state index is 12.3. The van der Waals surface area contributed by atoms with Crippen LogP contribution in [0.15, 0.2) is 60.9 Å². The zero-order valence-corrected chi connectivity index (χ0v) is 24.6. The normalized spacial score (nSPS) is 21.9. The molecule has 1 N–H and O–H groups in total. The first kappa shape index (κ1) is 27.8. The summed E-state index contributed by atoms with van der Waals surface area (Å²) in [7, 11) is 0. The molecule has 1 aliphatic heterocycles. The lowest BCUT2D eigenvalue weighted by Crippen LogP contribution is -2.25. The Kier molecular flexibility index (Phi) is 7.74. The van der Waals surface area contributed by atoms with E-state index in [-0.39, 0.29) is 23.5 Å². The molecule has 0 unspecified atom stereocenters. The van der Waals surface area contributed by atoms with Crippen LogP contribution in [-0.4, -0.2) is 55.2 Å². The average molecular weight is 582 g/mol. The molecule has 43 heavy (non-hydrogen) atoms. The molecule has 9 heteroatoms. The van der Waals surface area contributed by atoms with E-state index in [1.54, 1.807) is 4.68 Å². The fraction of sp³-hybridized carbons (Fsp3) is 0.471. The molecule has 2 aliphatic carbocycles. The van der Waals surface area contributed by atoms with Gasteiger partial charge in [0.2, 0.25) is 0 Å². The third-order valence-electron chi connectivity index (χ3n) is 9.55. The Balaban J connectivity index is 1.13. The molecule has 2 aromatic carbocycles. The van der Waals surface area contributed by atoms with Gasteiger partial charge in [0.05, 0.1) is 35.4 Å². The molecule has 2 aromatic heterocycles. The molecule has 3 heterocycles. The highest BCUT2D eigenvalue weighted by Crippen LogP contribution is 2.55. The van der Waals surface area contributed by atoms with Crippen molar-refractivity contribution in [3.63, 3.8) is 0 Å². The van der Waals surface area contributed by atoms with Gasteiger partial charge < -0.3 is 14.6 Å². The topological polar surface area (TPSA) is 104 Å². The number of carbonyl (C=O) groups is 1. The van der Waals surface area contributed by atoms with Crippen LogP contribution in [0, 0.1) is 5.92 Å². The first-order valence-corrected chi connectivity index (χ1v) is 15.7. The predicted molar refractivity (Wildman–Crippen MR) is 162 cm³/mol. The van der Waals surface area contributed by atoms with Crippen LogP contribution in [-0.2, 0) is 4.74 Å². The number of hydrogen-bond donors (Lipinski definition) is 1. The number of rotatable bonds is 9. The minimum atomic E-state index is -0.967. The van der Waals surface area contributed by atoms with E-state index in [0.717, 1.165) is 60.7 Å². The van der Waals surface area contributed by atoms with Crippen LogP contribution in [0.3, 0.4) is 0 Å². The number of carboxylic acid groups (broad SMARTS) is 1. The minimum Gasteiger partial charge on any atom is -0.490 e. The van der Waals surface area contributed by atoms with Gasteiger partial charge in [-0.1, -0.05) is 48.7 Å². The molecule has 3 fully saturated rings. The van der Waals surface area contributed by atoms with Gasteiger partial charge in [-0.15, -0.1) is 5.10 Å². The molecule has 0 amide bonds. The summed E-state index contributed by atoms with van der Waals surface area (Å²) in [4.78, 5) is 12.3. The van der Waals surface area contributed by atoms with E-state index in [9.17, 15) is 9.90 Å². The highest BCUT2D eigenvalue weighted by molar-refractivity contribution is 5.89. The summed E-state index contributed by atoms with van der Waals surface area (Å²) in [6, 6.07) is 16.7. The smallest absolute Gasteiger partial charge is 0.339 e. The van der Waals surface area contributed by atoms with E-state index in [4.69, 9.17) is 9.47 Å². The molecule has 9 nitrogen and oxygen atoms in total. The van der Waals surface area contributed by atoms with Gasteiger partial charge in [0.1, 0.15) is 11.3 Å². The second-order valence-corrected chi connectivity index (χ2v) is 12.4. The second kappa shape index (κ2) is 12.0. The number of aromatic nitrogens is 5. The van der Waals surface area contributed by atoms with Gasteiger partial charge in [-0.3, -0.25) is 0 Å². The molecule has 4 aromatic rings. The summed E-state index contributed by atoms with van der Waals surface area (Å²) in [5, 5.41) is 23.5. The largest absolute Gasteiger partial charge is 0.490 e. The van der Waals surface area contributed by atoms with E-state index in [2.05, 4.69) is 46.6 Å². The number of nitrogens with zero attached hydrogens (tertiary/aromatic N) is 5. The molecular weight excluding hydrogens is 542 g/mol. The lowest BCUT2D eigenvalue weighted by Gasteiger charge is -2.28. The maximum absolute atomic E-state index is 12.3. The van der Waals surface area contributed by atoms with E-state index in [1.807, 2.05) is 35.1 Å². The fourth-order valence-corrected chi connectivity index (χ4v) is 6.98. The number of ether oxygens (including phenoxy) is 2. The molecule has 7 rings (SSSR count). The standard InChI is InChI=1S/C34H39N5O4/c1-22(23-7-3-2-4-8-23)43-28-12-6-10-25(18-28)24-9-5-11-27(17-24)39-33(31(20-35-39)34(40)41)30-19-29(30)32-21-38(37-36-32)26-13-15-42-16-14-26/h5-6,9-12,17-18,20-23,26,29-30H,2-4,7-8,13-16,19H2,1H3,(H,40,41)/t22-,29+,30+/m0/s1. The van der Waals surface area contributed by atoms with Crippen molar-refractivity contribution < 1.29 is 19.4 Å². The third-order valence-corrected chi connectivity index (χ3v) is 9.55. The van der Waals surface area contributed by atoms with Crippen molar-refractivity contribution in [2.75, 3.05) is 13.2 Å². The highest BCUT2D eigenvalue weighted by Gasteiger charge is 2.46. The van der Waals surface area contributed by atoms with E-state index < -0.39 is 5.97 Å². The Morgan fingerprint density at radius 2 is 1.77 bits per heavy atom. The third kappa shape index (κ3) is 5.83. The lowest BCUT2D eigenvalue weighted by atomic mass is 9.86. The Morgan fingerprint density at radius 1 is 1.00 bits per heavy atom. The van der Waals surface area contributed by atoms with Crippen LogP contribution in [0.25, 0.3) is 16.8 Å². The Labute approximate surface area is 251 Å². The summed E-state index contributed by atoms with van der Waals surface area (Å²) < 4.78 is 15.7. The van der Waals surface area contributed by atoms with Crippen LogP contribution in [0.1, 0.15) is 97.9 Å². The van der Waals surface area contributed by atoms with E-state index in [1.165, 1.54) is 38.3 Å². The predicted octanol–water partition coefficient (Wildman–Crippen LogP) is 6.80. The van der Waals surface area contributed by atoms with Crippen molar-refractivity contribution in [3.05, 3.63) is 77.9 Å². The van der Waals surface area contributed by atoms with Crippen molar-refractivity contribution in [2.45, 2.75) is 82.3 Å². The van der Waals surface area contributed by atoms with Crippen LogP contribution >= 0.6 is 0 Å². The SMILES string of the molecule is C[C@H](Oc1cccc(-c2cccc(-n3ncc(C(=O)O)c3[C@@H]3C[C@H]3c3cn(C4CCOCC4)nn3)c2)c1)C1CCCCC1. The molecule has 0 spiro atoms. The molecule has 2 saturated carbocycles. The number of hydrogen-bond acceptors (Lipinski definition) is 6. The summed E-state index contributed by atoms with van der Waals surface area (Å²) in [6.07, 6.45) is 12.8. The van der Waals surface area contributed by atoms with Crippen molar-refractivity contribution >= 4 is 5.97 Å². The molecule has 3 aliphatic rings. The average Bonchev–Trinajstić information content (AvgIpc) is 3.45. The summed E-state index contributed by atoms with van der Waals surface area (Å²) >= 11 is 0. The molecule has 0 bridgehead atoms. The minimum absolute atomic E-state index is 0.00935. The van der Waals surface area contributed by atoms with Gasteiger partial charge in [0.25, 0.3) is 0 Å². The zero-order chi connectivity index (χ0) is 29.3. The molecule has 1 saturated heterocycles. The van der Waals surface area contributed by atoms with Crippen LogP contribution < -0.4 is 4.74 Å². The van der Waals surface area contributed by atoms with Gasteiger partial charge in [-0.2, -0.15) is 5.10 Å². The number of aromatic carboxylic acids is 1. The Bertz CT molecular complexity index is 1580. The Hall–Kier alpha value is -3.98. The quantitative estimate of drug-likeness (QED) is 0.232. The van der Waals surface area contributed by atoms with Crippen LogP contribution in [0.5, 0.6) is 5.75 Å². The van der Waals surface area contributed by atoms with Gasteiger partial charge >= 0.3 is 5.97 Å². The molecule has 0 radical (unpaired) electrons. The fourth-order valence-electron chi connectivity index (χ4n) is 6.98. The van der Waals surface area contributed by atoms with Crippen molar-refractivity contribution in [1.82, 2.24) is 24.8 Å². The highest BCUT2D eigenvalue weighted by atomic mass is 16.5. The lowest BCUT2D eigenvalue weighted by molar-refractivity contribution is 0.0657. The van der Waals surface area contributed by atoms with Crippen molar-refractivity contribution in [2.24, 2.45) is 5.92 Å². The number of benzene rings is 2. The first-order chi connectivity index (χ1) is 21.0. The molecule has 224 valence electrons. The summed E-state index contributed by atoms with van der Waals surface area (Å²) in [5.74, 6) is 0.648. The van der Waals surface area contributed by atoms with Gasteiger partial charge in [-0.25, -0.2) is 14.2 Å². The zero-order valence-electron chi connectivity index (χ0n) is 24.6. The van der Waals surface area contributed by atoms with Crippen LogP contribution in [0.2, 0.25) is 0 Å². The van der Waals surface area contributed by atoms with Gasteiger partial charge in [0.15, 0.2) is 0 Å². The Morgan fingerprint density at radius 3 is 2.56 bits per heavy atom. The monoisotopic (exact) mass is 581 g/mol. The van der Waals surface area contributed by atoms with Crippen molar-refractivity contribution in [1.29, 1.82) is 0 Å². The number of carboxylic acids is 1. The summed E-state index contributed by atoms with van der Waals surface area (Å²) in [5.41, 5.74) is 4.78. The molecule has 3 atom stereocenters. The van der Waals surface area contributed by atoms with E-state index in [0.29, 0.717) is 17.7 Å². The van der Waals surface area contributed by atoms with Crippen LogP contribution in [0.4, 0.5) is 0 Å². The summed E-state index contributed by atoms with van der Waals surface area (Å²) in [6.45, 7) is 3.67. The van der Waals surface area contributed by atoms with Crippen molar-refractivity contribution in [3.8, 4) is 22.6 Å². The second-order valence-electron chi connectivity index (χ2n) is 12.4. The van der Waals surface area contributed by atoms with Gasteiger partial charge in [0, 0.05) is 31.2 Å². The molecular formula is C34H39N5O4. The van der Waals surface area contributed by atoms with Gasteiger partial charge in [-0.05, 0) is 80.3 Å². The first-order valence-electron chi connectivity index (χ1n) is 15.7. The maximum Gasteiger partial charge on any atom is 0.339 e. The van der Waals surface area contributed by atoms with E-state index >= 15 is 0 Å².